The molecule has 0 atom stereocenters. The smallest absolute Gasteiger partial charge is 0.411 e. The number of hydrogen-bond donors (Lipinski definition) is 3. The molecule has 1 aromatic heterocycles. The van der Waals surface area contributed by atoms with Crippen molar-refractivity contribution < 1.29 is 14.3 Å². The number of carbonyl (C=O) groups excluding carboxylic acids is 2. The predicted octanol–water partition coefficient (Wildman–Crippen LogP) is 6.08. The molecule has 3 aromatic carbocycles. The Morgan fingerprint density at radius 3 is 2.31 bits per heavy atom. The van der Waals surface area contributed by atoms with E-state index in [-0.39, 0.29) is 12.0 Å². The van der Waals surface area contributed by atoms with Crippen LogP contribution in [-0.2, 0) is 22.6 Å². The van der Waals surface area contributed by atoms with Gasteiger partial charge in [0.05, 0.1) is 5.69 Å². The van der Waals surface area contributed by atoms with Crippen molar-refractivity contribution >= 4 is 23.4 Å². The summed E-state index contributed by atoms with van der Waals surface area (Å²) >= 11 is 0. The third kappa shape index (κ3) is 8.73. The maximum Gasteiger partial charge on any atom is 0.411 e. The number of nitrogens with zero attached hydrogens (tertiary/aromatic N) is 2. The number of benzene rings is 3. The van der Waals surface area contributed by atoms with Crippen molar-refractivity contribution in [2.45, 2.75) is 38.5 Å². The number of piperidine rings is 1. The Morgan fingerprint density at radius 1 is 0.810 bits per heavy atom. The molecule has 5 rings (SSSR count). The van der Waals surface area contributed by atoms with E-state index in [0.717, 1.165) is 72.6 Å². The molecule has 2 heterocycles. The Morgan fingerprint density at radius 2 is 1.55 bits per heavy atom. The zero-order chi connectivity index (χ0) is 29.0. The number of aromatic nitrogens is 1. The highest BCUT2D eigenvalue weighted by atomic mass is 16.6. The van der Waals surface area contributed by atoms with Crippen molar-refractivity contribution in [3.05, 3.63) is 115 Å². The lowest BCUT2D eigenvalue weighted by atomic mass is 10.0. The molecule has 1 aliphatic heterocycles. The van der Waals surface area contributed by atoms with Gasteiger partial charge in [0.25, 0.3) is 0 Å². The van der Waals surface area contributed by atoms with Crippen molar-refractivity contribution in [1.29, 1.82) is 0 Å². The maximum atomic E-state index is 12.7. The molecule has 0 radical (unpaired) electrons. The van der Waals surface area contributed by atoms with Crippen LogP contribution in [0.3, 0.4) is 0 Å². The highest BCUT2D eigenvalue weighted by Crippen LogP contribution is 2.28. The first-order chi connectivity index (χ1) is 20.6. The Balaban J connectivity index is 0.985. The first kappa shape index (κ1) is 29.0. The molecule has 1 aliphatic rings. The minimum absolute atomic E-state index is 0.00714. The van der Waals surface area contributed by atoms with Gasteiger partial charge in [0.1, 0.15) is 6.10 Å². The fraction of sp³-hybridized carbons (Fsp3) is 0.265. The minimum atomic E-state index is -0.438. The van der Waals surface area contributed by atoms with Crippen molar-refractivity contribution in [1.82, 2.24) is 15.2 Å². The van der Waals surface area contributed by atoms with Gasteiger partial charge in [0, 0.05) is 62.8 Å². The average molecular weight is 564 g/mol. The summed E-state index contributed by atoms with van der Waals surface area (Å²) < 4.78 is 5.73. The van der Waals surface area contributed by atoms with Gasteiger partial charge in [0.15, 0.2) is 0 Å². The first-order valence-electron chi connectivity index (χ1n) is 14.5. The molecule has 1 fully saturated rings. The van der Waals surface area contributed by atoms with E-state index in [0.29, 0.717) is 13.0 Å². The minimum Gasteiger partial charge on any atom is -0.446 e. The van der Waals surface area contributed by atoms with Crippen molar-refractivity contribution in [3.8, 4) is 11.1 Å². The van der Waals surface area contributed by atoms with E-state index in [1.165, 1.54) is 0 Å². The summed E-state index contributed by atoms with van der Waals surface area (Å²) in [5.74, 6) is -0.00714. The first-order valence-corrected chi connectivity index (χ1v) is 14.5. The van der Waals surface area contributed by atoms with Gasteiger partial charge in [0.2, 0.25) is 5.91 Å². The summed E-state index contributed by atoms with van der Waals surface area (Å²) in [6.07, 6.45) is 4.94. The number of amides is 2. The second kappa shape index (κ2) is 14.9. The zero-order valence-corrected chi connectivity index (χ0v) is 23.7. The van der Waals surface area contributed by atoms with Crippen LogP contribution < -0.4 is 16.0 Å². The normalized spacial score (nSPS) is 13.8. The molecule has 0 bridgehead atoms. The number of hydrogen-bond acceptors (Lipinski definition) is 6. The number of anilines is 2. The van der Waals surface area contributed by atoms with E-state index in [2.05, 4.69) is 25.8 Å². The molecule has 0 aliphatic carbocycles. The molecular weight excluding hydrogens is 526 g/mol. The molecule has 0 saturated carbocycles. The highest BCUT2D eigenvalue weighted by Gasteiger charge is 2.23. The molecule has 216 valence electrons. The number of nitrogens with one attached hydrogen (secondary N) is 3. The summed E-state index contributed by atoms with van der Waals surface area (Å²) in [7, 11) is 0. The van der Waals surface area contributed by atoms with Crippen molar-refractivity contribution in [3.63, 3.8) is 0 Å². The average Bonchev–Trinajstić information content (AvgIpc) is 3.03. The van der Waals surface area contributed by atoms with Crippen LogP contribution in [0.2, 0.25) is 0 Å². The van der Waals surface area contributed by atoms with E-state index in [1.54, 1.807) is 6.20 Å². The third-order valence-electron chi connectivity index (χ3n) is 7.33. The monoisotopic (exact) mass is 563 g/mol. The van der Waals surface area contributed by atoms with Gasteiger partial charge < -0.3 is 20.3 Å². The fourth-order valence-electron chi connectivity index (χ4n) is 5.05. The predicted molar refractivity (Wildman–Crippen MR) is 166 cm³/mol. The van der Waals surface area contributed by atoms with Gasteiger partial charge in [-0.1, -0.05) is 66.7 Å². The van der Waals surface area contributed by atoms with E-state index in [1.807, 2.05) is 97.2 Å². The summed E-state index contributed by atoms with van der Waals surface area (Å²) in [5, 5.41) is 9.31. The number of rotatable bonds is 11. The molecule has 8 nitrogen and oxygen atoms in total. The van der Waals surface area contributed by atoms with Gasteiger partial charge in [-0.2, -0.15) is 0 Å². The van der Waals surface area contributed by atoms with Gasteiger partial charge in [-0.25, -0.2) is 4.79 Å². The van der Waals surface area contributed by atoms with E-state index < -0.39 is 6.09 Å². The second-order valence-electron chi connectivity index (χ2n) is 10.4. The molecular formula is C34H37N5O3. The lowest BCUT2D eigenvalue weighted by Crippen LogP contribution is -2.39. The largest absolute Gasteiger partial charge is 0.446 e. The molecule has 0 spiro atoms. The molecule has 1 saturated heterocycles. The summed E-state index contributed by atoms with van der Waals surface area (Å²) in [6, 6.07) is 29.6. The Kier molecular flexibility index (Phi) is 10.3. The van der Waals surface area contributed by atoms with Crippen LogP contribution in [0.5, 0.6) is 0 Å². The SMILES string of the molecule is O=C(CCN1CCC(OC(=O)Nc2ccccc2-c2ccccc2)CC1)Nc1ccc(CNCc2cccnc2)cc1. The second-order valence-corrected chi connectivity index (χ2v) is 10.4. The highest BCUT2D eigenvalue weighted by molar-refractivity contribution is 5.92. The number of ether oxygens (including phenoxy) is 1. The summed E-state index contributed by atoms with van der Waals surface area (Å²) in [6.45, 7) is 3.74. The number of para-hydroxylation sites is 1. The van der Waals surface area contributed by atoms with Crippen LogP contribution >= 0.6 is 0 Å². The molecule has 4 aromatic rings. The number of carbonyl (C=O) groups is 2. The molecule has 3 N–H and O–H groups in total. The Labute approximate surface area is 247 Å². The van der Waals surface area contributed by atoms with Crippen LogP contribution in [0.4, 0.5) is 16.2 Å². The van der Waals surface area contributed by atoms with Crippen LogP contribution in [-0.4, -0.2) is 47.6 Å². The molecule has 0 unspecified atom stereocenters. The molecule has 8 heteroatoms. The van der Waals surface area contributed by atoms with Crippen molar-refractivity contribution in [2.24, 2.45) is 0 Å². The van der Waals surface area contributed by atoms with Gasteiger partial charge >= 0.3 is 6.09 Å². The van der Waals surface area contributed by atoms with Crippen LogP contribution in [0.25, 0.3) is 11.1 Å². The molecule has 42 heavy (non-hydrogen) atoms. The van der Waals surface area contributed by atoms with Gasteiger partial charge in [-0.05, 0) is 53.8 Å². The van der Waals surface area contributed by atoms with Crippen molar-refractivity contribution in [2.75, 3.05) is 30.3 Å². The quantitative estimate of drug-likeness (QED) is 0.205. The topological polar surface area (TPSA) is 95.6 Å². The maximum absolute atomic E-state index is 12.7. The van der Waals surface area contributed by atoms with Crippen LogP contribution in [0.15, 0.2) is 103 Å². The van der Waals surface area contributed by atoms with Gasteiger partial charge in [-0.3, -0.25) is 15.1 Å². The van der Waals surface area contributed by atoms with E-state index in [4.69, 9.17) is 4.74 Å². The Hall–Kier alpha value is -4.53. The number of likely N-dealkylation sites (tertiary alicyclic amines) is 1. The van der Waals surface area contributed by atoms with E-state index in [9.17, 15) is 9.59 Å². The van der Waals surface area contributed by atoms with Crippen LogP contribution in [0, 0.1) is 0 Å². The third-order valence-corrected chi connectivity index (χ3v) is 7.33. The zero-order valence-electron chi connectivity index (χ0n) is 23.7. The van der Waals surface area contributed by atoms with Crippen LogP contribution in [0.1, 0.15) is 30.4 Å². The molecule has 2 amide bonds. The summed E-state index contributed by atoms with van der Waals surface area (Å²) in [5.41, 5.74) is 5.80. The Bertz CT molecular complexity index is 1420. The standard InChI is InChI=1S/C34H37N5O3/c40-33(37-29-14-12-26(13-15-29)23-36-25-27-7-6-19-35-24-27)18-22-39-20-16-30(17-21-39)42-34(41)38-32-11-5-4-10-31(32)28-8-2-1-3-9-28/h1-15,19,24,30,36H,16-18,20-23,25H2,(H,37,40)(H,38,41). The lowest BCUT2D eigenvalue weighted by molar-refractivity contribution is -0.116. The summed E-state index contributed by atoms with van der Waals surface area (Å²) in [4.78, 5) is 31.6. The fourth-order valence-corrected chi connectivity index (χ4v) is 5.05. The number of pyridine rings is 1. The lowest BCUT2D eigenvalue weighted by Gasteiger charge is -2.31. The van der Waals surface area contributed by atoms with E-state index >= 15 is 0 Å². The van der Waals surface area contributed by atoms with Gasteiger partial charge in [-0.15, -0.1) is 0 Å².